The molecule has 0 spiro atoms. The molecule has 1 N–H and O–H groups in total. The summed E-state index contributed by atoms with van der Waals surface area (Å²) in [4.78, 5) is 44.3. The molecule has 0 unspecified atom stereocenters. The van der Waals surface area contributed by atoms with Crippen molar-refractivity contribution in [1.82, 2.24) is 0 Å². The van der Waals surface area contributed by atoms with E-state index < -0.39 is 23.9 Å². The molecule has 0 saturated heterocycles. The van der Waals surface area contributed by atoms with E-state index in [-0.39, 0.29) is 43.8 Å². The molecule has 0 amide bonds. The van der Waals surface area contributed by atoms with Crippen LogP contribution >= 0.6 is 0 Å². The second-order valence-corrected chi connectivity index (χ2v) is 5.25. The van der Waals surface area contributed by atoms with Gasteiger partial charge in [0.15, 0.2) is 0 Å². The molecule has 0 aliphatic heterocycles. The summed E-state index contributed by atoms with van der Waals surface area (Å²) < 4.78 is 14.5. The van der Waals surface area contributed by atoms with Gasteiger partial charge in [-0.15, -0.1) is 0 Å². The molecule has 0 aliphatic carbocycles. The van der Waals surface area contributed by atoms with Crippen molar-refractivity contribution in [2.45, 2.75) is 39.0 Å². The molecule has 0 aliphatic rings. The third-order valence-corrected chi connectivity index (χ3v) is 2.88. The molecule has 0 aromatic carbocycles. The number of unbranched alkanes of at least 4 members (excludes halogenated alkanes) is 2. The van der Waals surface area contributed by atoms with Gasteiger partial charge in [0.1, 0.15) is 13.2 Å². The lowest BCUT2D eigenvalue weighted by molar-refractivity contribution is -0.150. The molecule has 8 heteroatoms. The van der Waals surface area contributed by atoms with Crippen molar-refractivity contribution in [3.63, 3.8) is 0 Å². The van der Waals surface area contributed by atoms with E-state index in [2.05, 4.69) is 13.2 Å². The lowest BCUT2D eigenvalue weighted by atomic mass is 10.2. The van der Waals surface area contributed by atoms with Gasteiger partial charge < -0.3 is 19.3 Å². The van der Waals surface area contributed by atoms with Crippen LogP contribution in [0.25, 0.3) is 0 Å². The summed E-state index contributed by atoms with van der Waals surface area (Å²) in [5, 5.41) is 8.57. The molecular formula is C17H24O8. The van der Waals surface area contributed by atoms with Crippen LogP contribution in [0, 0.1) is 0 Å². The van der Waals surface area contributed by atoms with Crippen LogP contribution in [-0.2, 0) is 33.4 Å². The van der Waals surface area contributed by atoms with Crippen molar-refractivity contribution in [3.05, 3.63) is 24.3 Å². The SMILES string of the molecule is C=C(C)C(=O)OCCOC(=O)CCCCCOC(=O)CC(=C)C(=O)O. The number of carboxylic acid groups (broad SMARTS) is 1. The van der Waals surface area contributed by atoms with Gasteiger partial charge in [0, 0.05) is 17.6 Å². The molecule has 0 saturated carbocycles. The Morgan fingerprint density at radius 2 is 1.44 bits per heavy atom. The number of aliphatic carboxylic acids is 1. The lowest BCUT2D eigenvalue weighted by Crippen LogP contribution is -2.14. The minimum absolute atomic E-state index is 0.0110. The van der Waals surface area contributed by atoms with Crippen LogP contribution in [0.3, 0.4) is 0 Å². The third kappa shape index (κ3) is 12.4. The van der Waals surface area contributed by atoms with Gasteiger partial charge >= 0.3 is 23.9 Å². The first-order chi connectivity index (χ1) is 11.7. The number of hydrogen-bond acceptors (Lipinski definition) is 7. The number of hydrogen-bond donors (Lipinski definition) is 1. The highest BCUT2D eigenvalue weighted by Gasteiger charge is 2.11. The smallest absolute Gasteiger partial charge is 0.333 e. The maximum Gasteiger partial charge on any atom is 0.333 e. The Labute approximate surface area is 146 Å². The quantitative estimate of drug-likeness (QED) is 0.230. The molecule has 0 rings (SSSR count). The van der Waals surface area contributed by atoms with Gasteiger partial charge in [0.25, 0.3) is 0 Å². The van der Waals surface area contributed by atoms with Crippen LogP contribution in [0.1, 0.15) is 39.0 Å². The molecule has 25 heavy (non-hydrogen) atoms. The van der Waals surface area contributed by atoms with E-state index in [0.29, 0.717) is 19.3 Å². The highest BCUT2D eigenvalue weighted by Crippen LogP contribution is 2.04. The Morgan fingerprint density at radius 1 is 0.840 bits per heavy atom. The topological polar surface area (TPSA) is 116 Å². The van der Waals surface area contributed by atoms with Gasteiger partial charge in [-0.25, -0.2) is 9.59 Å². The van der Waals surface area contributed by atoms with Gasteiger partial charge in [-0.05, 0) is 26.2 Å². The Morgan fingerprint density at radius 3 is 2.04 bits per heavy atom. The van der Waals surface area contributed by atoms with Crippen molar-refractivity contribution in [3.8, 4) is 0 Å². The highest BCUT2D eigenvalue weighted by molar-refractivity contribution is 5.91. The molecule has 8 nitrogen and oxygen atoms in total. The van der Waals surface area contributed by atoms with Gasteiger partial charge in [0.2, 0.25) is 0 Å². The predicted octanol–water partition coefficient (Wildman–Crippen LogP) is 1.78. The fourth-order valence-electron chi connectivity index (χ4n) is 1.52. The standard InChI is InChI=1S/C17H24O8/c1-12(2)17(22)25-10-9-24-14(18)7-5-4-6-8-23-15(19)11-13(3)16(20)21/h1,3-11H2,2H3,(H,20,21). The number of carbonyl (C=O) groups is 4. The Bertz CT molecular complexity index is 521. The molecule has 0 aromatic heterocycles. The van der Waals surface area contributed by atoms with Crippen molar-refractivity contribution >= 4 is 23.9 Å². The number of carboxylic acids is 1. The third-order valence-electron chi connectivity index (χ3n) is 2.88. The highest BCUT2D eigenvalue weighted by atomic mass is 16.6. The normalized spacial score (nSPS) is 9.80. The average Bonchev–Trinajstić information content (AvgIpc) is 2.54. The van der Waals surface area contributed by atoms with E-state index in [9.17, 15) is 19.2 Å². The summed E-state index contributed by atoms with van der Waals surface area (Å²) in [7, 11) is 0. The predicted molar refractivity (Wildman–Crippen MR) is 87.6 cm³/mol. The number of rotatable bonds is 13. The lowest BCUT2D eigenvalue weighted by Gasteiger charge is -2.07. The van der Waals surface area contributed by atoms with E-state index in [1.54, 1.807) is 0 Å². The fourth-order valence-corrected chi connectivity index (χ4v) is 1.52. The first-order valence-corrected chi connectivity index (χ1v) is 7.79. The number of carbonyl (C=O) groups excluding carboxylic acids is 3. The second kappa shape index (κ2) is 12.7. The summed E-state index contributed by atoms with van der Waals surface area (Å²) in [6, 6.07) is 0. The van der Waals surface area contributed by atoms with Crippen molar-refractivity contribution < 1.29 is 38.5 Å². The number of esters is 3. The van der Waals surface area contributed by atoms with Crippen molar-refractivity contribution in [2.75, 3.05) is 19.8 Å². The molecule has 0 bridgehead atoms. The van der Waals surface area contributed by atoms with Crippen LogP contribution in [-0.4, -0.2) is 48.8 Å². The molecule has 140 valence electrons. The summed E-state index contributed by atoms with van der Waals surface area (Å²) in [6.45, 7) is 8.30. The van der Waals surface area contributed by atoms with Gasteiger partial charge in [0.05, 0.1) is 13.0 Å². The maximum atomic E-state index is 11.4. The summed E-state index contributed by atoms with van der Waals surface area (Å²) >= 11 is 0. The molecule has 0 aromatic rings. The van der Waals surface area contributed by atoms with E-state index in [1.807, 2.05) is 0 Å². The first kappa shape index (κ1) is 22.4. The van der Waals surface area contributed by atoms with E-state index in [1.165, 1.54) is 6.92 Å². The summed E-state index contributed by atoms with van der Waals surface area (Å²) in [5.41, 5.74) is 0.0565. The monoisotopic (exact) mass is 356 g/mol. The van der Waals surface area contributed by atoms with Crippen LogP contribution < -0.4 is 0 Å². The largest absolute Gasteiger partial charge is 0.478 e. The fraction of sp³-hybridized carbons (Fsp3) is 0.529. The molecule has 0 radical (unpaired) electrons. The van der Waals surface area contributed by atoms with Crippen molar-refractivity contribution in [1.29, 1.82) is 0 Å². The van der Waals surface area contributed by atoms with E-state index >= 15 is 0 Å². The Balaban J connectivity index is 3.56. The molecular weight excluding hydrogens is 332 g/mol. The van der Waals surface area contributed by atoms with Gasteiger partial charge in [-0.3, -0.25) is 9.59 Å². The average molecular weight is 356 g/mol. The Kier molecular flexibility index (Phi) is 11.4. The minimum atomic E-state index is -1.23. The molecule has 0 heterocycles. The van der Waals surface area contributed by atoms with E-state index in [4.69, 9.17) is 19.3 Å². The zero-order chi connectivity index (χ0) is 19.2. The molecule has 0 fully saturated rings. The van der Waals surface area contributed by atoms with Crippen molar-refractivity contribution in [2.24, 2.45) is 0 Å². The van der Waals surface area contributed by atoms with Gasteiger partial charge in [-0.2, -0.15) is 0 Å². The molecule has 0 atom stereocenters. The van der Waals surface area contributed by atoms with Crippen LogP contribution in [0.15, 0.2) is 24.3 Å². The summed E-state index contributed by atoms with van der Waals surface area (Å²) in [5.74, 6) is -2.81. The van der Waals surface area contributed by atoms with E-state index in [0.717, 1.165) is 0 Å². The first-order valence-electron chi connectivity index (χ1n) is 7.79. The van der Waals surface area contributed by atoms with Crippen LogP contribution in [0.5, 0.6) is 0 Å². The minimum Gasteiger partial charge on any atom is -0.478 e. The zero-order valence-corrected chi connectivity index (χ0v) is 14.4. The zero-order valence-electron chi connectivity index (χ0n) is 14.4. The maximum absolute atomic E-state index is 11.4. The van der Waals surface area contributed by atoms with Crippen LogP contribution in [0.2, 0.25) is 0 Å². The Hall–Kier alpha value is -2.64. The van der Waals surface area contributed by atoms with Gasteiger partial charge in [-0.1, -0.05) is 13.2 Å². The number of ether oxygens (including phenoxy) is 3. The van der Waals surface area contributed by atoms with Crippen LogP contribution in [0.4, 0.5) is 0 Å². The summed E-state index contributed by atoms with van der Waals surface area (Å²) in [6.07, 6.45) is 1.61. The second-order valence-electron chi connectivity index (χ2n) is 5.25.